The molecule has 100 valence electrons. The number of amides is 1. The molecule has 1 aromatic rings. The Morgan fingerprint density at radius 1 is 1.44 bits per heavy atom. The van der Waals surface area contributed by atoms with Crippen LogP contribution in [0.4, 0.5) is 0 Å². The predicted octanol–water partition coefficient (Wildman–Crippen LogP) is 2.33. The van der Waals surface area contributed by atoms with Gasteiger partial charge in [0.15, 0.2) is 0 Å². The van der Waals surface area contributed by atoms with Crippen molar-refractivity contribution in [2.24, 2.45) is 0 Å². The van der Waals surface area contributed by atoms with Crippen LogP contribution in [0.2, 0.25) is 5.02 Å². The summed E-state index contributed by atoms with van der Waals surface area (Å²) in [5.41, 5.74) is 0.381. The van der Waals surface area contributed by atoms with Gasteiger partial charge in [-0.25, -0.2) is 0 Å². The number of benzene rings is 1. The van der Waals surface area contributed by atoms with Crippen LogP contribution < -0.4 is 10.1 Å². The molecule has 1 rings (SSSR count). The first-order valence-corrected chi connectivity index (χ1v) is 6.14. The molecule has 0 fully saturated rings. The molecule has 0 aliphatic carbocycles. The second-order valence-electron chi connectivity index (χ2n) is 3.61. The standard InChI is InChI=1S/C12H15Cl2NO3/c1-17-7-9(14)6-15-12(16)10-5-8(13)3-4-11(10)18-2/h3-5,9H,6-7H2,1-2H3,(H,15,16). The zero-order valence-electron chi connectivity index (χ0n) is 10.2. The molecule has 1 N–H and O–H groups in total. The Labute approximate surface area is 116 Å². The van der Waals surface area contributed by atoms with Crippen LogP contribution in [0.5, 0.6) is 5.75 Å². The number of alkyl halides is 1. The third-order valence-electron chi connectivity index (χ3n) is 2.24. The predicted molar refractivity (Wildman–Crippen MR) is 71.9 cm³/mol. The van der Waals surface area contributed by atoms with Crippen LogP contribution in [0.1, 0.15) is 10.4 Å². The van der Waals surface area contributed by atoms with Crippen molar-refractivity contribution in [3.05, 3.63) is 28.8 Å². The summed E-state index contributed by atoms with van der Waals surface area (Å²) in [6, 6.07) is 4.85. The van der Waals surface area contributed by atoms with E-state index in [0.717, 1.165) is 0 Å². The van der Waals surface area contributed by atoms with E-state index in [9.17, 15) is 4.79 Å². The maximum Gasteiger partial charge on any atom is 0.255 e. The summed E-state index contributed by atoms with van der Waals surface area (Å²) in [6.45, 7) is 0.679. The Morgan fingerprint density at radius 3 is 2.78 bits per heavy atom. The topological polar surface area (TPSA) is 47.6 Å². The molecule has 1 aromatic carbocycles. The van der Waals surface area contributed by atoms with Crippen LogP contribution in [0, 0.1) is 0 Å². The average molecular weight is 292 g/mol. The number of hydrogen-bond donors (Lipinski definition) is 1. The van der Waals surface area contributed by atoms with Crippen molar-refractivity contribution in [3.63, 3.8) is 0 Å². The molecule has 0 aromatic heterocycles. The zero-order chi connectivity index (χ0) is 13.5. The Hall–Kier alpha value is -0.970. The van der Waals surface area contributed by atoms with Gasteiger partial charge in [-0.15, -0.1) is 11.6 Å². The molecular formula is C12H15Cl2NO3. The monoisotopic (exact) mass is 291 g/mol. The highest BCUT2D eigenvalue weighted by atomic mass is 35.5. The molecule has 0 spiro atoms. The van der Waals surface area contributed by atoms with Gasteiger partial charge >= 0.3 is 0 Å². The quantitative estimate of drug-likeness (QED) is 0.819. The third kappa shape index (κ3) is 4.37. The van der Waals surface area contributed by atoms with Crippen molar-refractivity contribution in [2.75, 3.05) is 27.4 Å². The fourth-order valence-corrected chi connectivity index (χ4v) is 1.77. The first kappa shape index (κ1) is 15.1. The third-order valence-corrected chi connectivity index (χ3v) is 2.75. The number of carbonyl (C=O) groups is 1. The molecule has 1 atom stereocenters. The molecule has 18 heavy (non-hydrogen) atoms. The average Bonchev–Trinajstić information content (AvgIpc) is 2.36. The van der Waals surface area contributed by atoms with Gasteiger partial charge < -0.3 is 14.8 Å². The molecule has 0 aliphatic rings. The van der Waals surface area contributed by atoms with Crippen LogP contribution in [0.15, 0.2) is 18.2 Å². The summed E-state index contributed by atoms with van der Waals surface area (Å²) in [5, 5.41) is 2.89. The van der Waals surface area contributed by atoms with E-state index in [4.69, 9.17) is 32.7 Å². The molecule has 1 unspecified atom stereocenters. The number of halogens is 2. The smallest absolute Gasteiger partial charge is 0.255 e. The minimum Gasteiger partial charge on any atom is -0.496 e. The Balaban J connectivity index is 2.68. The lowest BCUT2D eigenvalue weighted by Crippen LogP contribution is -2.31. The fourth-order valence-electron chi connectivity index (χ4n) is 1.40. The summed E-state index contributed by atoms with van der Waals surface area (Å²) < 4.78 is 9.98. The first-order valence-electron chi connectivity index (χ1n) is 5.33. The number of hydrogen-bond acceptors (Lipinski definition) is 3. The Bertz CT molecular complexity index is 412. The van der Waals surface area contributed by atoms with E-state index >= 15 is 0 Å². The highest BCUT2D eigenvalue weighted by Crippen LogP contribution is 2.22. The molecule has 1 amide bonds. The summed E-state index contributed by atoms with van der Waals surface area (Å²) in [7, 11) is 3.05. The maximum atomic E-state index is 11.9. The van der Waals surface area contributed by atoms with Crippen molar-refractivity contribution in [1.29, 1.82) is 0 Å². The second kappa shape index (κ2) is 7.46. The van der Waals surface area contributed by atoms with E-state index in [2.05, 4.69) is 5.32 Å². The fraction of sp³-hybridized carbons (Fsp3) is 0.417. The van der Waals surface area contributed by atoms with Crippen molar-refractivity contribution in [1.82, 2.24) is 5.32 Å². The van der Waals surface area contributed by atoms with Crippen molar-refractivity contribution in [2.45, 2.75) is 5.38 Å². The maximum absolute atomic E-state index is 11.9. The summed E-state index contributed by atoms with van der Waals surface area (Å²) in [4.78, 5) is 11.9. The molecule has 0 heterocycles. The molecule has 0 radical (unpaired) electrons. The molecule has 4 nitrogen and oxygen atoms in total. The van der Waals surface area contributed by atoms with Crippen LogP contribution in [0.3, 0.4) is 0 Å². The Morgan fingerprint density at radius 2 is 2.17 bits per heavy atom. The number of methoxy groups -OCH3 is 2. The molecule has 0 bridgehead atoms. The summed E-state index contributed by atoms with van der Waals surface area (Å²) in [6.07, 6.45) is 0. The van der Waals surface area contributed by atoms with E-state index in [1.807, 2.05) is 0 Å². The molecule has 0 saturated carbocycles. The van der Waals surface area contributed by atoms with Gasteiger partial charge in [0.2, 0.25) is 0 Å². The summed E-state index contributed by atoms with van der Waals surface area (Å²) >= 11 is 11.8. The van der Waals surface area contributed by atoms with Gasteiger partial charge in [0.25, 0.3) is 5.91 Å². The van der Waals surface area contributed by atoms with Gasteiger partial charge in [0, 0.05) is 18.7 Å². The summed E-state index contributed by atoms with van der Waals surface area (Å²) in [5.74, 6) is 0.186. The van der Waals surface area contributed by atoms with Gasteiger partial charge in [-0.1, -0.05) is 11.6 Å². The van der Waals surface area contributed by atoms with Gasteiger partial charge in [0.05, 0.1) is 24.7 Å². The highest BCUT2D eigenvalue weighted by molar-refractivity contribution is 6.31. The number of ether oxygens (including phenoxy) is 2. The Kier molecular flexibility index (Phi) is 6.25. The lowest BCUT2D eigenvalue weighted by atomic mass is 10.2. The first-order chi connectivity index (χ1) is 8.58. The van der Waals surface area contributed by atoms with Crippen LogP contribution in [-0.2, 0) is 4.74 Å². The SMILES string of the molecule is COCC(Cl)CNC(=O)c1cc(Cl)ccc1OC. The molecule has 0 aliphatic heterocycles. The van der Waals surface area contributed by atoms with Crippen molar-refractivity contribution >= 4 is 29.1 Å². The van der Waals surface area contributed by atoms with Crippen LogP contribution in [-0.4, -0.2) is 38.7 Å². The number of carbonyl (C=O) groups excluding carboxylic acids is 1. The van der Waals surface area contributed by atoms with E-state index < -0.39 is 0 Å². The van der Waals surface area contributed by atoms with E-state index in [0.29, 0.717) is 29.5 Å². The van der Waals surface area contributed by atoms with Gasteiger partial charge in [-0.3, -0.25) is 4.79 Å². The molecular weight excluding hydrogens is 277 g/mol. The minimum absolute atomic E-state index is 0.274. The lowest BCUT2D eigenvalue weighted by molar-refractivity contribution is 0.0946. The number of rotatable bonds is 6. The normalized spacial score (nSPS) is 12.0. The minimum atomic E-state index is -0.281. The second-order valence-corrected chi connectivity index (χ2v) is 4.66. The van der Waals surface area contributed by atoms with Crippen molar-refractivity contribution in [3.8, 4) is 5.75 Å². The van der Waals surface area contributed by atoms with E-state index in [-0.39, 0.29) is 11.3 Å². The van der Waals surface area contributed by atoms with E-state index in [1.165, 1.54) is 7.11 Å². The lowest BCUT2D eigenvalue weighted by Gasteiger charge is -2.12. The van der Waals surface area contributed by atoms with E-state index in [1.54, 1.807) is 25.3 Å². The van der Waals surface area contributed by atoms with Crippen molar-refractivity contribution < 1.29 is 14.3 Å². The van der Waals surface area contributed by atoms with Gasteiger partial charge in [-0.2, -0.15) is 0 Å². The van der Waals surface area contributed by atoms with Gasteiger partial charge in [0.1, 0.15) is 5.75 Å². The highest BCUT2D eigenvalue weighted by Gasteiger charge is 2.14. The molecule has 0 saturated heterocycles. The number of nitrogens with one attached hydrogen (secondary N) is 1. The van der Waals surface area contributed by atoms with Crippen LogP contribution in [0.25, 0.3) is 0 Å². The zero-order valence-corrected chi connectivity index (χ0v) is 11.7. The largest absolute Gasteiger partial charge is 0.496 e. The van der Waals surface area contributed by atoms with Gasteiger partial charge in [-0.05, 0) is 18.2 Å². The molecule has 6 heteroatoms. The van der Waals surface area contributed by atoms with Crippen LogP contribution >= 0.6 is 23.2 Å².